The van der Waals surface area contributed by atoms with Crippen molar-refractivity contribution in [2.45, 2.75) is 46.8 Å². The molecule has 0 saturated carbocycles. The minimum absolute atomic E-state index is 0.0119. The Labute approximate surface area is 231 Å². The Morgan fingerprint density at radius 1 is 1.13 bits per heavy atom. The second-order valence-corrected chi connectivity index (χ2v) is 9.21. The van der Waals surface area contributed by atoms with Crippen molar-refractivity contribution in [2.24, 2.45) is 0 Å². The van der Waals surface area contributed by atoms with Gasteiger partial charge in [0.2, 0.25) is 0 Å². The van der Waals surface area contributed by atoms with Crippen LogP contribution in [0.15, 0.2) is 59.3 Å². The lowest BCUT2D eigenvalue weighted by Gasteiger charge is -2.15. The van der Waals surface area contributed by atoms with Crippen LogP contribution in [0, 0.1) is 25.7 Å². The highest BCUT2D eigenvalue weighted by Gasteiger charge is 2.21. The van der Waals surface area contributed by atoms with E-state index in [2.05, 4.69) is 22.1 Å². The van der Waals surface area contributed by atoms with Crippen molar-refractivity contribution in [3.8, 4) is 23.2 Å². The smallest absolute Gasteiger partial charge is 0.341 e. The Balaban J connectivity index is 1.42. The summed E-state index contributed by atoms with van der Waals surface area (Å²) in [5.41, 5.74) is 4.72. The highest BCUT2D eigenvalue weighted by Crippen LogP contribution is 2.29. The highest BCUT2D eigenvalue weighted by atomic mass is 35.5. The van der Waals surface area contributed by atoms with Gasteiger partial charge >= 0.3 is 11.9 Å². The van der Waals surface area contributed by atoms with Gasteiger partial charge in [-0.2, -0.15) is 5.10 Å². The molecule has 0 saturated heterocycles. The molecule has 0 aliphatic rings. The summed E-state index contributed by atoms with van der Waals surface area (Å²) in [6.07, 6.45) is 1.02. The lowest BCUT2D eigenvalue weighted by atomic mass is 10.0. The van der Waals surface area contributed by atoms with Gasteiger partial charge in [0.15, 0.2) is 5.76 Å². The number of benzene rings is 2. The topological polar surface area (TPSA) is 96.5 Å². The van der Waals surface area contributed by atoms with E-state index in [4.69, 9.17) is 25.6 Å². The number of esters is 2. The first-order valence-corrected chi connectivity index (χ1v) is 12.8. The summed E-state index contributed by atoms with van der Waals surface area (Å²) in [4.78, 5) is 24.7. The van der Waals surface area contributed by atoms with E-state index in [0.29, 0.717) is 46.4 Å². The molecule has 4 rings (SSSR count). The Hall–Kier alpha value is -4.35. The van der Waals surface area contributed by atoms with Crippen molar-refractivity contribution in [3.63, 3.8) is 0 Å². The second-order valence-electron chi connectivity index (χ2n) is 8.81. The Morgan fingerprint density at radius 2 is 1.87 bits per heavy atom. The van der Waals surface area contributed by atoms with Gasteiger partial charge in [0, 0.05) is 27.3 Å². The molecule has 0 N–H and O–H groups in total. The molecule has 0 aliphatic carbocycles. The Bertz CT molecular complexity index is 1540. The molecule has 0 fully saturated rings. The fraction of sp³-hybridized carbons (Fsp3) is 0.267. The second kappa shape index (κ2) is 12.5. The van der Waals surface area contributed by atoms with Crippen molar-refractivity contribution >= 4 is 23.5 Å². The molecule has 2 heterocycles. The van der Waals surface area contributed by atoms with Gasteiger partial charge in [-0.05, 0) is 58.0 Å². The molecule has 2 aromatic heterocycles. The lowest BCUT2D eigenvalue weighted by Crippen LogP contribution is -2.12. The van der Waals surface area contributed by atoms with Crippen LogP contribution in [0.1, 0.15) is 58.4 Å². The third kappa shape index (κ3) is 6.57. The molecule has 200 valence electrons. The van der Waals surface area contributed by atoms with Crippen LogP contribution in [0.5, 0.6) is 0 Å². The number of carbonyl (C=O) groups excluding carboxylic acids is 2. The van der Waals surface area contributed by atoms with Crippen LogP contribution in [0.2, 0.25) is 5.02 Å². The maximum Gasteiger partial charge on any atom is 0.341 e. The fourth-order valence-corrected chi connectivity index (χ4v) is 4.30. The van der Waals surface area contributed by atoms with Gasteiger partial charge in [0.25, 0.3) is 0 Å². The van der Waals surface area contributed by atoms with E-state index in [1.54, 1.807) is 38.4 Å². The predicted molar refractivity (Wildman–Crippen MR) is 146 cm³/mol. The first-order chi connectivity index (χ1) is 18.8. The van der Waals surface area contributed by atoms with Crippen LogP contribution in [-0.2, 0) is 27.2 Å². The molecule has 1 atom stereocenters. The van der Waals surface area contributed by atoms with Crippen molar-refractivity contribution in [2.75, 3.05) is 6.61 Å². The van der Waals surface area contributed by atoms with Crippen LogP contribution in [0.25, 0.3) is 11.3 Å². The Kier molecular flexibility index (Phi) is 8.84. The third-order valence-corrected chi connectivity index (χ3v) is 6.51. The number of aryl methyl sites for hydroxylation is 1. The van der Waals surface area contributed by atoms with Crippen LogP contribution in [0.4, 0.5) is 0 Å². The zero-order valence-corrected chi connectivity index (χ0v) is 22.9. The molecule has 0 bridgehead atoms. The van der Waals surface area contributed by atoms with Crippen LogP contribution in [0.3, 0.4) is 0 Å². The van der Waals surface area contributed by atoms with Gasteiger partial charge in [-0.3, -0.25) is 9.48 Å². The molecule has 2 aromatic carbocycles. The normalized spacial score (nSPS) is 11.4. The number of rotatable bonds is 8. The van der Waals surface area contributed by atoms with Crippen molar-refractivity contribution in [1.29, 1.82) is 0 Å². The first kappa shape index (κ1) is 27.7. The van der Waals surface area contributed by atoms with E-state index in [9.17, 15) is 9.59 Å². The number of hydrogen-bond donors (Lipinski definition) is 0. The van der Waals surface area contributed by atoms with Crippen molar-refractivity contribution in [3.05, 3.63) is 93.4 Å². The molecule has 4 aromatic rings. The maximum atomic E-state index is 12.7. The van der Waals surface area contributed by atoms with Gasteiger partial charge in [-0.15, -0.1) is 0 Å². The van der Waals surface area contributed by atoms with E-state index >= 15 is 0 Å². The first-order valence-electron chi connectivity index (χ1n) is 12.5. The summed E-state index contributed by atoms with van der Waals surface area (Å²) < 4.78 is 17.9. The molecule has 1 unspecified atom stereocenters. The molecule has 39 heavy (non-hydrogen) atoms. The summed E-state index contributed by atoms with van der Waals surface area (Å²) in [5, 5.41) is 8.84. The largest absolute Gasteiger partial charge is 0.462 e. The summed E-state index contributed by atoms with van der Waals surface area (Å²) in [5.74, 6) is 5.88. The van der Waals surface area contributed by atoms with E-state index in [1.807, 2.05) is 42.5 Å². The van der Waals surface area contributed by atoms with Gasteiger partial charge in [-0.25, -0.2) is 4.79 Å². The average Bonchev–Trinajstić information content (AvgIpc) is 3.46. The minimum atomic E-state index is -0.491. The van der Waals surface area contributed by atoms with Gasteiger partial charge in [0.1, 0.15) is 18.2 Å². The molecule has 9 heteroatoms. The van der Waals surface area contributed by atoms with Gasteiger partial charge in [-0.1, -0.05) is 46.8 Å². The number of aromatic nitrogens is 3. The summed E-state index contributed by atoms with van der Waals surface area (Å²) in [7, 11) is 0. The van der Waals surface area contributed by atoms with Gasteiger partial charge in [0.05, 0.1) is 30.6 Å². The summed E-state index contributed by atoms with van der Waals surface area (Å²) in [6.45, 7) is 7.77. The molecule has 0 radical (unpaired) electrons. The number of nitrogens with zero attached hydrogens (tertiary/aromatic N) is 3. The number of carbonyl (C=O) groups is 2. The molecule has 8 nitrogen and oxygen atoms in total. The maximum absolute atomic E-state index is 12.7. The van der Waals surface area contributed by atoms with Crippen molar-refractivity contribution < 1.29 is 23.6 Å². The summed E-state index contributed by atoms with van der Waals surface area (Å²) >= 11 is 6.23. The highest BCUT2D eigenvalue weighted by molar-refractivity contribution is 6.31. The molecule has 0 amide bonds. The van der Waals surface area contributed by atoms with E-state index < -0.39 is 18.0 Å². The number of ether oxygens (including phenoxy) is 2. The standard InChI is InChI=1S/C30H28ClN3O5/c1-5-37-30(36)26-18-32-34(20(26)3)16-8-9-22-12-14-23(15-13-22)29-25(19(2)33-39-29)17-28(35)38-21(4)24-10-6-7-11-27(24)31/h6-7,10-15,18,21H,5,16-17H2,1-4H3. The van der Waals surface area contributed by atoms with Crippen LogP contribution >= 0.6 is 11.6 Å². The Morgan fingerprint density at radius 3 is 2.59 bits per heavy atom. The van der Waals surface area contributed by atoms with Crippen LogP contribution < -0.4 is 0 Å². The fourth-order valence-electron chi connectivity index (χ4n) is 4.01. The average molecular weight is 546 g/mol. The van der Waals surface area contributed by atoms with Crippen molar-refractivity contribution in [1.82, 2.24) is 14.9 Å². The molecular formula is C30H28ClN3O5. The van der Waals surface area contributed by atoms with Gasteiger partial charge < -0.3 is 14.0 Å². The molecule has 0 aliphatic heterocycles. The van der Waals surface area contributed by atoms with E-state index in [1.165, 1.54) is 6.20 Å². The quantitative estimate of drug-likeness (QED) is 0.201. The van der Waals surface area contributed by atoms with Crippen LogP contribution in [-0.4, -0.2) is 33.5 Å². The SMILES string of the molecule is CCOC(=O)c1cnn(CC#Cc2ccc(-c3onc(C)c3CC(=O)OC(C)c3ccccc3Cl)cc2)c1C. The zero-order valence-electron chi connectivity index (χ0n) is 22.2. The minimum Gasteiger partial charge on any atom is -0.462 e. The summed E-state index contributed by atoms with van der Waals surface area (Å²) in [6, 6.07) is 14.7. The monoisotopic (exact) mass is 545 g/mol. The lowest BCUT2D eigenvalue weighted by molar-refractivity contribution is -0.147. The predicted octanol–water partition coefficient (Wildman–Crippen LogP) is 5.88. The van der Waals surface area contributed by atoms with E-state index in [-0.39, 0.29) is 6.42 Å². The zero-order chi connectivity index (χ0) is 27.9. The third-order valence-electron chi connectivity index (χ3n) is 6.16. The molecule has 0 spiro atoms. The molecular weight excluding hydrogens is 518 g/mol. The number of hydrogen-bond acceptors (Lipinski definition) is 7. The number of halogens is 1. The van der Waals surface area contributed by atoms with E-state index in [0.717, 1.165) is 16.7 Å².